The summed E-state index contributed by atoms with van der Waals surface area (Å²) in [7, 11) is 0. The highest BCUT2D eigenvalue weighted by atomic mass is 35.5. The molecule has 0 aromatic heterocycles. The highest BCUT2D eigenvalue weighted by Crippen LogP contribution is 2.27. The Labute approximate surface area is 112 Å². The van der Waals surface area contributed by atoms with E-state index in [1.807, 2.05) is 0 Å². The number of halogens is 2. The van der Waals surface area contributed by atoms with Crippen LogP contribution in [0.5, 0.6) is 0 Å². The van der Waals surface area contributed by atoms with Gasteiger partial charge in [-0.25, -0.2) is 4.39 Å². The maximum absolute atomic E-state index is 13.4. The van der Waals surface area contributed by atoms with Gasteiger partial charge in [0.2, 0.25) is 0 Å². The molecule has 1 fully saturated rings. The number of hydrogen-bond donors (Lipinski definition) is 2. The smallest absolute Gasteiger partial charge is 0.143 e. The number of likely N-dealkylation sites (tertiary alicyclic amines) is 1. The largest absolute Gasteiger partial charge is 0.397 e. The van der Waals surface area contributed by atoms with E-state index in [1.54, 1.807) is 0 Å². The summed E-state index contributed by atoms with van der Waals surface area (Å²) in [4.78, 5) is 2.38. The van der Waals surface area contributed by atoms with Crippen LogP contribution in [-0.2, 0) is 0 Å². The summed E-state index contributed by atoms with van der Waals surface area (Å²) >= 11 is 5.68. The molecule has 0 amide bonds. The van der Waals surface area contributed by atoms with Gasteiger partial charge in [0.15, 0.2) is 0 Å². The molecule has 1 unspecified atom stereocenters. The first kappa shape index (κ1) is 13.4. The molecule has 0 radical (unpaired) electrons. The van der Waals surface area contributed by atoms with Crippen molar-refractivity contribution in [3.8, 4) is 0 Å². The standard InChI is InChI=1S/C13H19ClFN3/c1-2-18-5-3-4-9(8-18)17-13-7-11(15)10(14)6-12(13)16/h6-7,9,17H,2-5,8,16H2,1H3. The minimum atomic E-state index is -0.434. The van der Waals surface area contributed by atoms with Crippen LogP contribution in [0.25, 0.3) is 0 Å². The third-order valence-corrected chi connectivity index (χ3v) is 3.69. The molecule has 1 aliphatic heterocycles. The van der Waals surface area contributed by atoms with Gasteiger partial charge < -0.3 is 16.0 Å². The Morgan fingerprint density at radius 3 is 3.06 bits per heavy atom. The van der Waals surface area contributed by atoms with Gasteiger partial charge in [-0.3, -0.25) is 0 Å². The van der Waals surface area contributed by atoms with E-state index in [0.29, 0.717) is 17.4 Å². The Morgan fingerprint density at radius 1 is 1.56 bits per heavy atom. The molecule has 5 heteroatoms. The third kappa shape index (κ3) is 3.06. The highest BCUT2D eigenvalue weighted by molar-refractivity contribution is 6.31. The zero-order valence-corrected chi connectivity index (χ0v) is 11.3. The first-order valence-electron chi connectivity index (χ1n) is 6.33. The molecule has 1 saturated heterocycles. The summed E-state index contributed by atoms with van der Waals surface area (Å²) in [5.41, 5.74) is 6.98. The molecule has 0 aliphatic carbocycles. The molecule has 100 valence electrons. The van der Waals surface area contributed by atoms with Crippen molar-refractivity contribution in [2.24, 2.45) is 0 Å². The monoisotopic (exact) mass is 271 g/mol. The van der Waals surface area contributed by atoms with Crippen LogP contribution in [0.3, 0.4) is 0 Å². The average molecular weight is 272 g/mol. The van der Waals surface area contributed by atoms with E-state index in [2.05, 4.69) is 17.1 Å². The number of nitrogens with two attached hydrogens (primary N) is 1. The summed E-state index contributed by atoms with van der Waals surface area (Å²) in [5.74, 6) is -0.434. The maximum Gasteiger partial charge on any atom is 0.143 e. The Bertz CT molecular complexity index is 425. The van der Waals surface area contributed by atoms with E-state index in [-0.39, 0.29) is 5.02 Å². The quantitative estimate of drug-likeness (QED) is 0.831. The number of nitrogens with one attached hydrogen (secondary N) is 1. The average Bonchev–Trinajstić information content (AvgIpc) is 2.36. The van der Waals surface area contributed by atoms with Crippen LogP contribution >= 0.6 is 11.6 Å². The zero-order valence-electron chi connectivity index (χ0n) is 10.5. The number of rotatable bonds is 3. The molecule has 1 aromatic rings. The van der Waals surface area contributed by atoms with Crippen molar-refractivity contribution < 1.29 is 4.39 Å². The molecule has 3 N–H and O–H groups in total. The summed E-state index contributed by atoms with van der Waals surface area (Å²) < 4.78 is 13.4. The van der Waals surface area contributed by atoms with Gasteiger partial charge in [0.1, 0.15) is 5.82 Å². The van der Waals surface area contributed by atoms with E-state index >= 15 is 0 Å². The number of benzene rings is 1. The van der Waals surface area contributed by atoms with Crippen molar-refractivity contribution in [2.45, 2.75) is 25.8 Å². The minimum Gasteiger partial charge on any atom is -0.397 e. The Morgan fingerprint density at radius 2 is 2.33 bits per heavy atom. The van der Waals surface area contributed by atoms with E-state index < -0.39 is 5.82 Å². The van der Waals surface area contributed by atoms with Crippen LogP contribution in [0.2, 0.25) is 5.02 Å². The second-order valence-electron chi connectivity index (χ2n) is 4.73. The Kier molecular flexibility index (Phi) is 4.30. The SMILES string of the molecule is CCN1CCCC(Nc2cc(F)c(Cl)cc2N)C1. The number of hydrogen-bond acceptors (Lipinski definition) is 3. The fourth-order valence-electron chi connectivity index (χ4n) is 2.37. The third-order valence-electron chi connectivity index (χ3n) is 3.40. The summed E-state index contributed by atoms with van der Waals surface area (Å²) in [6.07, 6.45) is 2.24. The van der Waals surface area contributed by atoms with Crippen LogP contribution < -0.4 is 11.1 Å². The lowest BCUT2D eigenvalue weighted by molar-refractivity contribution is 0.227. The lowest BCUT2D eigenvalue weighted by atomic mass is 10.1. The molecule has 0 saturated carbocycles. The van der Waals surface area contributed by atoms with E-state index in [0.717, 1.165) is 32.5 Å². The fraction of sp³-hybridized carbons (Fsp3) is 0.538. The van der Waals surface area contributed by atoms with Gasteiger partial charge in [-0.15, -0.1) is 0 Å². The molecule has 18 heavy (non-hydrogen) atoms. The number of nitrogens with zero attached hydrogens (tertiary/aromatic N) is 1. The van der Waals surface area contributed by atoms with Gasteiger partial charge in [0.25, 0.3) is 0 Å². The fourth-order valence-corrected chi connectivity index (χ4v) is 2.54. The molecular weight excluding hydrogens is 253 g/mol. The molecular formula is C13H19ClFN3. The van der Waals surface area contributed by atoms with Crippen LogP contribution in [0.15, 0.2) is 12.1 Å². The van der Waals surface area contributed by atoms with Crippen LogP contribution in [0, 0.1) is 5.82 Å². The van der Waals surface area contributed by atoms with Crippen molar-refractivity contribution in [3.63, 3.8) is 0 Å². The highest BCUT2D eigenvalue weighted by Gasteiger charge is 2.19. The first-order chi connectivity index (χ1) is 8.60. The summed E-state index contributed by atoms with van der Waals surface area (Å²) in [6, 6.07) is 3.16. The van der Waals surface area contributed by atoms with Crippen molar-refractivity contribution in [2.75, 3.05) is 30.7 Å². The Balaban J connectivity index is 2.07. The molecule has 2 rings (SSSR count). The normalized spacial score (nSPS) is 20.9. The second kappa shape index (κ2) is 5.76. The first-order valence-corrected chi connectivity index (χ1v) is 6.71. The van der Waals surface area contributed by atoms with E-state index in [1.165, 1.54) is 12.1 Å². The minimum absolute atomic E-state index is 0.0666. The number of nitrogen functional groups attached to an aromatic ring is 1. The van der Waals surface area contributed by atoms with Gasteiger partial charge in [-0.2, -0.15) is 0 Å². The number of piperidine rings is 1. The van der Waals surface area contributed by atoms with Gasteiger partial charge >= 0.3 is 0 Å². The van der Waals surface area contributed by atoms with Crippen molar-refractivity contribution in [1.29, 1.82) is 0 Å². The van der Waals surface area contributed by atoms with Gasteiger partial charge in [0.05, 0.1) is 16.4 Å². The second-order valence-corrected chi connectivity index (χ2v) is 5.14. The topological polar surface area (TPSA) is 41.3 Å². The number of anilines is 2. The molecule has 3 nitrogen and oxygen atoms in total. The predicted molar refractivity (Wildman–Crippen MR) is 74.6 cm³/mol. The van der Waals surface area contributed by atoms with Crippen LogP contribution in [0.4, 0.5) is 15.8 Å². The molecule has 0 spiro atoms. The van der Waals surface area contributed by atoms with Gasteiger partial charge in [-0.05, 0) is 32.0 Å². The molecule has 0 bridgehead atoms. The van der Waals surface area contributed by atoms with Crippen molar-refractivity contribution in [3.05, 3.63) is 23.0 Å². The van der Waals surface area contributed by atoms with Crippen LogP contribution in [0.1, 0.15) is 19.8 Å². The van der Waals surface area contributed by atoms with Crippen LogP contribution in [-0.4, -0.2) is 30.6 Å². The number of likely N-dealkylation sites (N-methyl/N-ethyl adjacent to an activating group) is 1. The van der Waals surface area contributed by atoms with Gasteiger partial charge in [-0.1, -0.05) is 18.5 Å². The maximum atomic E-state index is 13.4. The molecule has 1 heterocycles. The van der Waals surface area contributed by atoms with Crippen molar-refractivity contribution >= 4 is 23.0 Å². The van der Waals surface area contributed by atoms with E-state index in [4.69, 9.17) is 17.3 Å². The predicted octanol–water partition coefficient (Wildman–Crippen LogP) is 2.96. The molecule has 1 aromatic carbocycles. The summed E-state index contributed by atoms with van der Waals surface area (Å²) in [5, 5.41) is 3.38. The lowest BCUT2D eigenvalue weighted by Gasteiger charge is -2.33. The lowest BCUT2D eigenvalue weighted by Crippen LogP contribution is -2.41. The summed E-state index contributed by atoms with van der Waals surface area (Å²) in [6.45, 7) is 5.31. The van der Waals surface area contributed by atoms with Crippen molar-refractivity contribution in [1.82, 2.24) is 4.90 Å². The van der Waals surface area contributed by atoms with E-state index in [9.17, 15) is 4.39 Å². The zero-order chi connectivity index (χ0) is 13.1. The Hall–Kier alpha value is -1.00. The van der Waals surface area contributed by atoms with Gasteiger partial charge in [0, 0.05) is 18.7 Å². The molecule has 1 aliphatic rings. The molecule has 1 atom stereocenters.